The molecule has 0 radical (unpaired) electrons. The molecule has 2 aromatic carbocycles. The molecule has 1 N–H and O–H groups in total. The molecule has 0 spiro atoms. The Morgan fingerprint density at radius 3 is 2.52 bits per heavy atom. The van der Waals surface area contributed by atoms with Gasteiger partial charge in [0.25, 0.3) is 0 Å². The van der Waals surface area contributed by atoms with Crippen molar-refractivity contribution >= 4 is 5.91 Å². The minimum absolute atomic E-state index is 0.217. The summed E-state index contributed by atoms with van der Waals surface area (Å²) >= 11 is 0. The van der Waals surface area contributed by atoms with Crippen LogP contribution in [0.2, 0.25) is 0 Å². The van der Waals surface area contributed by atoms with Crippen LogP contribution in [0, 0.1) is 18.8 Å². The zero-order chi connectivity index (χ0) is 20.1. The molecule has 2 aromatic rings. The summed E-state index contributed by atoms with van der Waals surface area (Å²) in [5, 5.41) is 0. The summed E-state index contributed by atoms with van der Waals surface area (Å²) in [6, 6.07) is 19.6. The van der Waals surface area contributed by atoms with E-state index in [0.717, 1.165) is 57.8 Å². The van der Waals surface area contributed by atoms with Crippen molar-refractivity contribution in [3.8, 4) is 0 Å². The van der Waals surface area contributed by atoms with Gasteiger partial charge in [-0.15, -0.1) is 0 Å². The van der Waals surface area contributed by atoms with Crippen LogP contribution in [0.15, 0.2) is 54.6 Å². The van der Waals surface area contributed by atoms with Gasteiger partial charge in [-0.3, -0.25) is 4.79 Å². The van der Waals surface area contributed by atoms with Gasteiger partial charge in [-0.25, -0.2) is 0 Å². The number of piperidine rings is 2. The fourth-order valence-electron chi connectivity index (χ4n) is 5.20. The molecule has 154 valence electrons. The molecule has 3 heteroatoms. The lowest BCUT2D eigenvalue weighted by atomic mass is 9.89. The van der Waals surface area contributed by atoms with Gasteiger partial charge in [-0.1, -0.05) is 60.2 Å². The highest BCUT2D eigenvalue weighted by molar-refractivity contribution is 5.79. The minimum atomic E-state index is 0.217. The van der Waals surface area contributed by atoms with Crippen molar-refractivity contribution in [2.24, 2.45) is 11.8 Å². The molecule has 0 aliphatic carbocycles. The molecular weight excluding hydrogens is 356 g/mol. The van der Waals surface area contributed by atoms with E-state index in [1.807, 2.05) is 0 Å². The number of hydrogen-bond donors (Lipinski definition) is 1. The van der Waals surface area contributed by atoms with Crippen molar-refractivity contribution < 1.29 is 9.69 Å². The summed E-state index contributed by atoms with van der Waals surface area (Å²) in [6.07, 6.45) is 5.68. The molecule has 2 heterocycles. The first-order valence-electron chi connectivity index (χ1n) is 11.4. The number of carbonyl (C=O) groups excluding carboxylic acids is 1. The van der Waals surface area contributed by atoms with E-state index in [1.165, 1.54) is 29.7 Å². The number of amides is 1. The first-order chi connectivity index (χ1) is 14.2. The highest BCUT2D eigenvalue weighted by atomic mass is 16.2. The fourth-order valence-corrected chi connectivity index (χ4v) is 5.20. The number of rotatable bonds is 5. The average Bonchev–Trinajstić information content (AvgIpc) is 2.75. The lowest BCUT2D eigenvalue weighted by Gasteiger charge is -2.36. The van der Waals surface area contributed by atoms with Gasteiger partial charge in [-0.05, 0) is 50.5 Å². The van der Waals surface area contributed by atoms with E-state index in [0.29, 0.717) is 5.91 Å². The van der Waals surface area contributed by atoms with Crippen LogP contribution in [0.5, 0.6) is 0 Å². The van der Waals surface area contributed by atoms with Crippen molar-refractivity contribution in [1.29, 1.82) is 0 Å². The van der Waals surface area contributed by atoms with Gasteiger partial charge < -0.3 is 9.80 Å². The zero-order valence-electron chi connectivity index (χ0n) is 17.8. The fraction of sp³-hybridized carbons (Fsp3) is 0.500. The molecule has 29 heavy (non-hydrogen) atoms. The van der Waals surface area contributed by atoms with Crippen LogP contribution in [0.1, 0.15) is 42.4 Å². The molecule has 4 rings (SSSR count). The van der Waals surface area contributed by atoms with Crippen LogP contribution in [-0.2, 0) is 17.8 Å². The summed E-state index contributed by atoms with van der Waals surface area (Å²) < 4.78 is 0. The number of nitrogens with zero attached hydrogens (tertiary/aromatic N) is 1. The van der Waals surface area contributed by atoms with Gasteiger partial charge in [0.1, 0.15) is 6.54 Å². The second kappa shape index (κ2) is 9.58. The van der Waals surface area contributed by atoms with Gasteiger partial charge in [0, 0.05) is 18.7 Å². The Morgan fingerprint density at radius 2 is 1.76 bits per heavy atom. The summed E-state index contributed by atoms with van der Waals surface area (Å²) in [5.41, 5.74) is 4.15. The molecule has 0 aromatic heterocycles. The van der Waals surface area contributed by atoms with Crippen LogP contribution < -0.4 is 4.90 Å². The Bertz CT molecular complexity index is 795. The Kier molecular flexibility index (Phi) is 6.66. The maximum Gasteiger partial charge on any atom is 0.231 e. The topological polar surface area (TPSA) is 24.8 Å². The zero-order valence-corrected chi connectivity index (χ0v) is 17.8. The molecule has 0 saturated carbocycles. The van der Waals surface area contributed by atoms with Crippen molar-refractivity contribution in [1.82, 2.24) is 4.90 Å². The highest BCUT2D eigenvalue weighted by Gasteiger charge is 2.33. The van der Waals surface area contributed by atoms with Crippen LogP contribution in [0.25, 0.3) is 0 Å². The van der Waals surface area contributed by atoms with E-state index in [4.69, 9.17) is 0 Å². The smallest absolute Gasteiger partial charge is 0.231 e. The molecule has 0 bridgehead atoms. The van der Waals surface area contributed by atoms with Gasteiger partial charge >= 0.3 is 0 Å². The van der Waals surface area contributed by atoms with Crippen molar-refractivity contribution in [3.63, 3.8) is 0 Å². The largest absolute Gasteiger partial charge is 0.342 e. The summed E-state index contributed by atoms with van der Waals surface area (Å²) in [5.74, 6) is 1.36. The first kappa shape index (κ1) is 20.2. The summed E-state index contributed by atoms with van der Waals surface area (Å²) in [7, 11) is 0. The Hall–Kier alpha value is -2.13. The van der Waals surface area contributed by atoms with Crippen LogP contribution in [0.3, 0.4) is 0 Å². The van der Waals surface area contributed by atoms with Crippen molar-refractivity contribution in [2.75, 3.05) is 26.2 Å². The predicted molar refractivity (Wildman–Crippen MR) is 118 cm³/mol. The van der Waals surface area contributed by atoms with Gasteiger partial charge in [0.2, 0.25) is 5.91 Å². The van der Waals surface area contributed by atoms with Crippen molar-refractivity contribution in [2.45, 2.75) is 45.6 Å². The molecule has 2 atom stereocenters. The second-order valence-corrected chi connectivity index (χ2v) is 9.17. The third kappa shape index (κ3) is 5.48. The molecule has 1 unspecified atom stereocenters. The van der Waals surface area contributed by atoms with E-state index in [2.05, 4.69) is 66.4 Å². The van der Waals surface area contributed by atoms with E-state index < -0.39 is 0 Å². The summed E-state index contributed by atoms with van der Waals surface area (Å²) in [4.78, 5) is 16.9. The normalized spacial score (nSPS) is 23.1. The molecule has 1 amide bonds. The number of carbonyl (C=O) groups is 1. The maximum absolute atomic E-state index is 13.2. The first-order valence-corrected chi connectivity index (χ1v) is 11.4. The number of hydrogen-bond acceptors (Lipinski definition) is 1. The quantitative estimate of drug-likeness (QED) is 0.831. The van der Waals surface area contributed by atoms with E-state index in [1.54, 1.807) is 4.90 Å². The summed E-state index contributed by atoms with van der Waals surface area (Å²) in [6.45, 7) is 7.28. The minimum Gasteiger partial charge on any atom is -0.342 e. The second-order valence-electron chi connectivity index (χ2n) is 9.17. The highest BCUT2D eigenvalue weighted by Crippen LogP contribution is 2.23. The third-order valence-corrected chi connectivity index (χ3v) is 6.80. The molecule has 2 aliphatic rings. The van der Waals surface area contributed by atoms with Crippen LogP contribution >= 0.6 is 0 Å². The molecule has 2 saturated heterocycles. The lowest BCUT2D eigenvalue weighted by Crippen LogP contribution is -3.12. The number of likely N-dealkylation sites (tertiary alicyclic amines) is 2. The molecular formula is C26H35N2O+. The van der Waals surface area contributed by atoms with Crippen LogP contribution in [-0.4, -0.2) is 37.0 Å². The molecule has 2 aliphatic heterocycles. The molecule has 3 nitrogen and oxygen atoms in total. The number of nitrogens with one attached hydrogen (secondary N) is 1. The maximum atomic E-state index is 13.2. The number of aryl methyl sites for hydroxylation is 1. The Morgan fingerprint density at radius 1 is 1.00 bits per heavy atom. The number of quaternary nitrogens is 1. The lowest BCUT2D eigenvalue weighted by molar-refractivity contribution is -0.921. The van der Waals surface area contributed by atoms with Gasteiger partial charge in [0.15, 0.2) is 0 Å². The van der Waals surface area contributed by atoms with E-state index in [-0.39, 0.29) is 5.92 Å². The van der Waals surface area contributed by atoms with Gasteiger partial charge in [-0.2, -0.15) is 0 Å². The van der Waals surface area contributed by atoms with E-state index >= 15 is 0 Å². The monoisotopic (exact) mass is 391 g/mol. The Balaban J connectivity index is 1.27. The number of benzene rings is 2. The third-order valence-electron chi connectivity index (χ3n) is 6.80. The SMILES string of the molecule is Cc1cccc(C[NH+]2CCC[C@H](C(=O)N3CCC(Cc4ccccc4)CC3)C2)c1. The molecule has 2 fully saturated rings. The average molecular weight is 392 g/mol. The Labute approximate surface area is 175 Å². The standard InChI is InChI=1S/C26H34N2O/c1-21-7-5-10-24(17-21)19-27-14-6-11-25(20-27)26(29)28-15-12-23(13-16-28)18-22-8-3-2-4-9-22/h2-5,7-10,17,23,25H,6,11-16,18-20H2,1H3/p+1/t25-/m0/s1. The van der Waals surface area contributed by atoms with Crippen LogP contribution in [0.4, 0.5) is 0 Å². The van der Waals surface area contributed by atoms with E-state index in [9.17, 15) is 4.79 Å². The van der Waals surface area contributed by atoms with Crippen molar-refractivity contribution in [3.05, 3.63) is 71.3 Å². The predicted octanol–water partition coefficient (Wildman–Crippen LogP) is 3.27. The van der Waals surface area contributed by atoms with Gasteiger partial charge in [0.05, 0.1) is 19.0 Å².